The summed E-state index contributed by atoms with van der Waals surface area (Å²) in [5, 5.41) is 2.97. The Balaban J connectivity index is 1.96. The van der Waals surface area contributed by atoms with Gasteiger partial charge in [0, 0.05) is 12.1 Å². The van der Waals surface area contributed by atoms with Gasteiger partial charge in [-0.3, -0.25) is 4.79 Å². The van der Waals surface area contributed by atoms with Crippen LogP contribution in [-0.4, -0.2) is 12.5 Å². The molecule has 0 spiro atoms. The highest BCUT2D eigenvalue weighted by atomic mass is 16.1. The smallest absolute Gasteiger partial charge is 0.224 e. The summed E-state index contributed by atoms with van der Waals surface area (Å²) >= 11 is 0. The van der Waals surface area contributed by atoms with Crippen molar-refractivity contribution in [3.8, 4) is 0 Å². The molecule has 3 heteroatoms. The lowest BCUT2D eigenvalue weighted by atomic mass is 9.66. The molecule has 3 nitrogen and oxygen atoms in total. The van der Waals surface area contributed by atoms with Crippen molar-refractivity contribution in [2.75, 3.05) is 11.9 Å². The van der Waals surface area contributed by atoms with Crippen LogP contribution in [0.2, 0.25) is 0 Å². The molecule has 1 amide bonds. The second-order valence-electron chi connectivity index (χ2n) is 5.10. The van der Waals surface area contributed by atoms with Crippen LogP contribution in [0, 0.1) is 12.3 Å². The monoisotopic (exact) mass is 232 g/mol. The third-order valence-corrected chi connectivity index (χ3v) is 3.80. The third kappa shape index (κ3) is 2.67. The zero-order valence-corrected chi connectivity index (χ0v) is 10.3. The van der Waals surface area contributed by atoms with Gasteiger partial charge >= 0.3 is 0 Å². The van der Waals surface area contributed by atoms with E-state index in [0.29, 0.717) is 13.0 Å². The summed E-state index contributed by atoms with van der Waals surface area (Å²) < 4.78 is 0. The molecule has 0 atom stereocenters. The second kappa shape index (κ2) is 4.88. The number of hydrogen-bond acceptors (Lipinski definition) is 2. The van der Waals surface area contributed by atoms with E-state index in [1.54, 1.807) is 0 Å². The van der Waals surface area contributed by atoms with E-state index in [0.717, 1.165) is 24.1 Å². The third-order valence-electron chi connectivity index (χ3n) is 3.80. The minimum atomic E-state index is 0.0762. The quantitative estimate of drug-likeness (QED) is 0.837. The van der Waals surface area contributed by atoms with Gasteiger partial charge in [-0.05, 0) is 43.4 Å². The number of rotatable bonds is 4. The number of benzene rings is 1. The van der Waals surface area contributed by atoms with E-state index < -0.39 is 0 Å². The van der Waals surface area contributed by atoms with Crippen LogP contribution in [0.3, 0.4) is 0 Å². The van der Waals surface area contributed by atoms with Crippen LogP contribution in [0.4, 0.5) is 5.69 Å². The lowest BCUT2D eigenvalue weighted by Gasteiger charge is -2.40. The number of nitrogens with two attached hydrogens (primary N) is 1. The van der Waals surface area contributed by atoms with Crippen LogP contribution in [-0.2, 0) is 4.79 Å². The maximum atomic E-state index is 12.0. The predicted octanol–water partition coefficient (Wildman–Crippen LogP) is 2.45. The molecule has 0 unspecified atom stereocenters. The molecule has 92 valence electrons. The Morgan fingerprint density at radius 2 is 2.12 bits per heavy atom. The number of aryl methyl sites for hydroxylation is 1. The number of anilines is 1. The number of carbonyl (C=O) groups excluding carboxylic acids is 1. The van der Waals surface area contributed by atoms with Gasteiger partial charge in [0.05, 0.1) is 0 Å². The molecule has 0 heterocycles. The van der Waals surface area contributed by atoms with E-state index in [2.05, 4.69) is 5.32 Å². The molecule has 1 fully saturated rings. The molecule has 1 saturated carbocycles. The van der Waals surface area contributed by atoms with Crippen LogP contribution in [0.1, 0.15) is 31.2 Å². The molecule has 0 bridgehead atoms. The van der Waals surface area contributed by atoms with Crippen molar-refractivity contribution in [2.45, 2.75) is 32.6 Å². The fraction of sp³-hybridized carbons (Fsp3) is 0.500. The largest absolute Gasteiger partial charge is 0.330 e. The zero-order chi connectivity index (χ0) is 12.3. The first-order valence-corrected chi connectivity index (χ1v) is 6.21. The molecule has 0 aliphatic heterocycles. The van der Waals surface area contributed by atoms with Crippen LogP contribution >= 0.6 is 0 Å². The Morgan fingerprint density at radius 3 is 2.65 bits per heavy atom. The van der Waals surface area contributed by atoms with Crippen molar-refractivity contribution >= 4 is 11.6 Å². The fourth-order valence-corrected chi connectivity index (χ4v) is 2.38. The van der Waals surface area contributed by atoms with Gasteiger partial charge in [-0.2, -0.15) is 0 Å². The number of hydrogen-bond donors (Lipinski definition) is 2. The van der Waals surface area contributed by atoms with Crippen LogP contribution in [0.15, 0.2) is 24.3 Å². The molecule has 1 aromatic rings. The summed E-state index contributed by atoms with van der Waals surface area (Å²) in [5.41, 5.74) is 7.84. The molecule has 3 N–H and O–H groups in total. The van der Waals surface area contributed by atoms with Gasteiger partial charge in [-0.1, -0.05) is 24.6 Å². The molecular weight excluding hydrogens is 212 g/mol. The Bertz CT molecular complexity index is 405. The van der Waals surface area contributed by atoms with Crippen molar-refractivity contribution in [1.82, 2.24) is 0 Å². The molecule has 17 heavy (non-hydrogen) atoms. The van der Waals surface area contributed by atoms with E-state index in [9.17, 15) is 4.79 Å². The first-order valence-electron chi connectivity index (χ1n) is 6.21. The minimum absolute atomic E-state index is 0.0762. The van der Waals surface area contributed by atoms with Crippen LogP contribution in [0.5, 0.6) is 0 Å². The van der Waals surface area contributed by atoms with Crippen molar-refractivity contribution in [3.63, 3.8) is 0 Å². The lowest BCUT2D eigenvalue weighted by molar-refractivity contribution is -0.119. The summed E-state index contributed by atoms with van der Waals surface area (Å²) in [7, 11) is 0. The van der Waals surface area contributed by atoms with Gasteiger partial charge in [-0.15, -0.1) is 0 Å². The average molecular weight is 232 g/mol. The van der Waals surface area contributed by atoms with Gasteiger partial charge in [0.1, 0.15) is 0 Å². The fourth-order valence-electron chi connectivity index (χ4n) is 2.38. The minimum Gasteiger partial charge on any atom is -0.330 e. The van der Waals surface area contributed by atoms with Gasteiger partial charge in [0.15, 0.2) is 0 Å². The molecule has 1 aliphatic carbocycles. The highest BCUT2D eigenvalue weighted by Crippen LogP contribution is 2.43. The molecule has 1 aliphatic rings. The normalized spacial score (nSPS) is 17.3. The van der Waals surface area contributed by atoms with E-state index >= 15 is 0 Å². The summed E-state index contributed by atoms with van der Waals surface area (Å²) in [6, 6.07) is 7.84. The van der Waals surface area contributed by atoms with Gasteiger partial charge < -0.3 is 11.1 Å². The number of para-hydroxylation sites is 1. The standard InChI is InChI=1S/C14H20N2O/c1-11-5-2-3-6-12(11)16-13(17)9-14(10-15)7-4-8-14/h2-3,5-6H,4,7-10,15H2,1H3,(H,16,17). The van der Waals surface area contributed by atoms with Crippen molar-refractivity contribution in [3.05, 3.63) is 29.8 Å². The van der Waals surface area contributed by atoms with Gasteiger partial charge in [-0.25, -0.2) is 0 Å². The lowest BCUT2D eigenvalue weighted by Crippen LogP contribution is -2.40. The van der Waals surface area contributed by atoms with E-state index in [-0.39, 0.29) is 11.3 Å². The Morgan fingerprint density at radius 1 is 1.41 bits per heavy atom. The van der Waals surface area contributed by atoms with E-state index in [1.807, 2.05) is 31.2 Å². The maximum absolute atomic E-state index is 12.0. The van der Waals surface area contributed by atoms with Crippen LogP contribution < -0.4 is 11.1 Å². The Hall–Kier alpha value is -1.35. The number of nitrogens with one attached hydrogen (secondary N) is 1. The Kier molecular flexibility index (Phi) is 3.48. The zero-order valence-electron chi connectivity index (χ0n) is 10.3. The molecular formula is C14H20N2O. The predicted molar refractivity (Wildman–Crippen MR) is 69.8 cm³/mol. The molecule has 1 aromatic carbocycles. The summed E-state index contributed by atoms with van der Waals surface area (Å²) in [6.45, 7) is 2.62. The van der Waals surface area contributed by atoms with Crippen molar-refractivity contribution < 1.29 is 4.79 Å². The SMILES string of the molecule is Cc1ccccc1NC(=O)CC1(CN)CCC1. The highest BCUT2D eigenvalue weighted by molar-refractivity contribution is 5.92. The molecule has 2 rings (SSSR count). The van der Waals surface area contributed by atoms with Crippen molar-refractivity contribution in [2.24, 2.45) is 11.1 Å². The first-order chi connectivity index (χ1) is 8.15. The van der Waals surface area contributed by atoms with E-state index in [1.165, 1.54) is 6.42 Å². The molecule has 0 aromatic heterocycles. The summed E-state index contributed by atoms with van der Waals surface area (Å²) in [6.07, 6.45) is 3.93. The second-order valence-corrected chi connectivity index (χ2v) is 5.10. The van der Waals surface area contributed by atoms with Crippen molar-refractivity contribution in [1.29, 1.82) is 0 Å². The first kappa shape index (κ1) is 12.1. The van der Waals surface area contributed by atoms with E-state index in [4.69, 9.17) is 5.73 Å². The summed E-state index contributed by atoms with van der Waals surface area (Å²) in [4.78, 5) is 12.0. The Labute approximate surface area is 102 Å². The topological polar surface area (TPSA) is 55.1 Å². The van der Waals surface area contributed by atoms with Crippen LogP contribution in [0.25, 0.3) is 0 Å². The molecule has 0 radical (unpaired) electrons. The summed E-state index contributed by atoms with van der Waals surface area (Å²) in [5.74, 6) is 0.0875. The number of carbonyl (C=O) groups is 1. The maximum Gasteiger partial charge on any atom is 0.224 e. The average Bonchev–Trinajstić information content (AvgIpc) is 2.27. The molecule has 0 saturated heterocycles. The van der Waals surface area contributed by atoms with Gasteiger partial charge in [0.2, 0.25) is 5.91 Å². The van der Waals surface area contributed by atoms with Gasteiger partial charge in [0.25, 0.3) is 0 Å². The highest BCUT2D eigenvalue weighted by Gasteiger charge is 2.37. The number of amides is 1.